The lowest BCUT2D eigenvalue weighted by molar-refractivity contribution is 0.597. The zero-order valence-electron chi connectivity index (χ0n) is 12.2. The molecular weight excluding hydrogens is 246 g/mol. The Morgan fingerprint density at radius 1 is 1.15 bits per heavy atom. The second kappa shape index (κ2) is 5.80. The monoisotopic (exact) mass is 269 g/mol. The van der Waals surface area contributed by atoms with Crippen LogP contribution in [0, 0.1) is 0 Å². The third-order valence-electron chi connectivity index (χ3n) is 4.31. The van der Waals surface area contributed by atoms with E-state index in [0.29, 0.717) is 0 Å². The Hall–Kier alpha value is -1.61. The summed E-state index contributed by atoms with van der Waals surface area (Å²) in [7, 11) is 1.99. The van der Waals surface area contributed by atoms with Gasteiger partial charge in [-0.2, -0.15) is 5.10 Å². The molecule has 20 heavy (non-hydrogen) atoms. The Kier molecular flexibility index (Phi) is 3.88. The van der Waals surface area contributed by atoms with Gasteiger partial charge in [0, 0.05) is 12.4 Å². The number of para-hydroxylation sites is 1. The van der Waals surface area contributed by atoms with Gasteiger partial charge in [-0.1, -0.05) is 42.7 Å². The predicted molar refractivity (Wildman–Crippen MR) is 83.4 cm³/mol. The number of hydrogen-bond donors (Lipinski definition) is 1. The molecule has 0 aliphatic heterocycles. The molecule has 1 aromatic carbocycles. The lowest BCUT2D eigenvalue weighted by atomic mass is 9.93. The van der Waals surface area contributed by atoms with Gasteiger partial charge in [-0.3, -0.25) is 4.68 Å². The standard InChI is InChI=1S/C17H23N3/c1-20-15-12-8-7-11-14(15)17(19-20)16(18)13-9-5-3-2-4-6-10-13/h7-9,11-12,16H,2-6,10,18H2,1H3/b13-9+. The highest BCUT2D eigenvalue weighted by Gasteiger charge is 2.19. The number of aryl methyl sites for hydroxylation is 1. The Labute approximate surface area is 120 Å². The third kappa shape index (κ3) is 2.50. The molecule has 106 valence electrons. The van der Waals surface area contributed by atoms with Gasteiger partial charge in [0.25, 0.3) is 0 Å². The molecule has 2 aromatic rings. The molecule has 0 amide bonds. The maximum absolute atomic E-state index is 6.53. The fourth-order valence-corrected chi connectivity index (χ4v) is 3.15. The minimum absolute atomic E-state index is 0.0563. The van der Waals surface area contributed by atoms with Gasteiger partial charge in [0.05, 0.1) is 17.3 Å². The maximum Gasteiger partial charge on any atom is 0.0912 e. The van der Waals surface area contributed by atoms with E-state index in [0.717, 1.165) is 24.1 Å². The van der Waals surface area contributed by atoms with Crippen LogP contribution in [0.5, 0.6) is 0 Å². The maximum atomic E-state index is 6.53. The topological polar surface area (TPSA) is 43.8 Å². The van der Waals surface area contributed by atoms with Gasteiger partial charge in [-0.25, -0.2) is 0 Å². The van der Waals surface area contributed by atoms with E-state index in [1.165, 1.54) is 36.6 Å². The van der Waals surface area contributed by atoms with Crippen molar-refractivity contribution in [1.82, 2.24) is 9.78 Å². The summed E-state index contributed by atoms with van der Waals surface area (Å²) >= 11 is 0. The van der Waals surface area contributed by atoms with Gasteiger partial charge >= 0.3 is 0 Å². The van der Waals surface area contributed by atoms with Crippen LogP contribution >= 0.6 is 0 Å². The van der Waals surface area contributed by atoms with Crippen molar-refractivity contribution in [1.29, 1.82) is 0 Å². The van der Waals surface area contributed by atoms with Crippen LogP contribution < -0.4 is 5.73 Å². The van der Waals surface area contributed by atoms with Crippen molar-refractivity contribution in [3.05, 3.63) is 41.6 Å². The Bertz CT molecular complexity index is 624. The van der Waals surface area contributed by atoms with E-state index < -0.39 is 0 Å². The van der Waals surface area contributed by atoms with Gasteiger partial charge in [0.15, 0.2) is 0 Å². The van der Waals surface area contributed by atoms with Crippen LogP contribution in [0.1, 0.15) is 50.3 Å². The molecule has 3 rings (SSSR count). The molecule has 0 saturated carbocycles. The van der Waals surface area contributed by atoms with E-state index in [2.05, 4.69) is 29.4 Å². The summed E-state index contributed by atoms with van der Waals surface area (Å²) in [4.78, 5) is 0. The van der Waals surface area contributed by atoms with Crippen LogP contribution in [0.15, 0.2) is 35.9 Å². The van der Waals surface area contributed by atoms with Crippen LogP contribution in [0.3, 0.4) is 0 Å². The van der Waals surface area contributed by atoms with Crippen LogP contribution in [-0.4, -0.2) is 9.78 Å². The normalized spacial score (nSPS) is 21.0. The van der Waals surface area contributed by atoms with Gasteiger partial charge < -0.3 is 5.73 Å². The summed E-state index contributed by atoms with van der Waals surface area (Å²) in [5.74, 6) is 0. The summed E-state index contributed by atoms with van der Waals surface area (Å²) in [5, 5.41) is 5.86. The SMILES string of the molecule is Cn1nc(C(N)/C2=C/CCCCCC2)c2ccccc21. The van der Waals surface area contributed by atoms with Crippen molar-refractivity contribution in [3.63, 3.8) is 0 Å². The van der Waals surface area contributed by atoms with Crippen molar-refractivity contribution in [2.75, 3.05) is 0 Å². The quantitative estimate of drug-likeness (QED) is 0.841. The molecule has 1 unspecified atom stereocenters. The summed E-state index contributed by atoms with van der Waals surface area (Å²) in [6, 6.07) is 8.28. The summed E-state index contributed by atoms with van der Waals surface area (Å²) in [5.41, 5.74) is 10.1. The highest BCUT2D eigenvalue weighted by Crippen LogP contribution is 2.30. The van der Waals surface area contributed by atoms with Crippen LogP contribution in [0.2, 0.25) is 0 Å². The Balaban J connectivity index is 1.97. The first-order valence-electron chi connectivity index (χ1n) is 7.63. The van der Waals surface area contributed by atoms with Gasteiger partial charge in [-0.15, -0.1) is 0 Å². The number of nitrogens with two attached hydrogens (primary N) is 1. The molecule has 1 aromatic heterocycles. The number of rotatable bonds is 2. The fraction of sp³-hybridized carbons (Fsp3) is 0.471. The van der Waals surface area contributed by atoms with Crippen molar-refractivity contribution in [2.24, 2.45) is 12.8 Å². The zero-order chi connectivity index (χ0) is 13.9. The molecule has 0 bridgehead atoms. The number of allylic oxidation sites excluding steroid dienone is 1. The second-order valence-electron chi connectivity index (χ2n) is 5.74. The van der Waals surface area contributed by atoms with E-state index in [1.807, 2.05) is 17.8 Å². The smallest absolute Gasteiger partial charge is 0.0912 e. The highest BCUT2D eigenvalue weighted by molar-refractivity contribution is 5.82. The van der Waals surface area contributed by atoms with Crippen molar-refractivity contribution < 1.29 is 0 Å². The first-order chi connectivity index (χ1) is 9.77. The Morgan fingerprint density at radius 3 is 2.85 bits per heavy atom. The molecule has 2 N–H and O–H groups in total. The minimum Gasteiger partial charge on any atom is -0.319 e. The number of nitrogens with zero attached hydrogens (tertiary/aromatic N) is 2. The number of fused-ring (bicyclic) bond motifs is 1. The molecule has 0 saturated heterocycles. The second-order valence-corrected chi connectivity index (χ2v) is 5.74. The first-order valence-corrected chi connectivity index (χ1v) is 7.63. The number of hydrogen-bond acceptors (Lipinski definition) is 2. The van der Waals surface area contributed by atoms with Gasteiger partial charge in [0.2, 0.25) is 0 Å². The first kappa shape index (κ1) is 13.4. The molecule has 0 fully saturated rings. The fourth-order valence-electron chi connectivity index (χ4n) is 3.15. The molecule has 0 spiro atoms. The van der Waals surface area contributed by atoms with E-state index in [1.54, 1.807) is 0 Å². The zero-order valence-corrected chi connectivity index (χ0v) is 12.2. The van der Waals surface area contributed by atoms with Crippen LogP contribution in [-0.2, 0) is 7.05 Å². The number of aromatic nitrogens is 2. The average molecular weight is 269 g/mol. The molecule has 3 nitrogen and oxygen atoms in total. The molecule has 1 aliphatic rings. The van der Waals surface area contributed by atoms with Crippen LogP contribution in [0.25, 0.3) is 10.9 Å². The van der Waals surface area contributed by atoms with Gasteiger partial charge in [-0.05, 0) is 31.7 Å². The minimum atomic E-state index is -0.0563. The molecule has 1 aliphatic carbocycles. The molecular formula is C17H23N3. The van der Waals surface area contributed by atoms with Crippen LogP contribution in [0.4, 0.5) is 0 Å². The third-order valence-corrected chi connectivity index (χ3v) is 4.31. The molecule has 3 heteroatoms. The van der Waals surface area contributed by atoms with Crippen molar-refractivity contribution in [2.45, 2.75) is 44.6 Å². The summed E-state index contributed by atoms with van der Waals surface area (Å²) in [6.07, 6.45) is 9.86. The van der Waals surface area contributed by atoms with E-state index >= 15 is 0 Å². The highest BCUT2D eigenvalue weighted by atomic mass is 15.3. The predicted octanol–water partition coefficient (Wildman–Crippen LogP) is 3.85. The molecule has 1 heterocycles. The lowest BCUT2D eigenvalue weighted by Gasteiger charge is -2.17. The van der Waals surface area contributed by atoms with Crippen molar-refractivity contribution in [3.8, 4) is 0 Å². The molecule has 1 atom stereocenters. The van der Waals surface area contributed by atoms with E-state index in [-0.39, 0.29) is 6.04 Å². The van der Waals surface area contributed by atoms with E-state index in [9.17, 15) is 0 Å². The summed E-state index contributed by atoms with van der Waals surface area (Å²) in [6.45, 7) is 0. The summed E-state index contributed by atoms with van der Waals surface area (Å²) < 4.78 is 1.94. The molecule has 0 radical (unpaired) electrons. The Morgan fingerprint density at radius 2 is 1.95 bits per heavy atom. The van der Waals surface area contributed by atoms with Gasteiger partial charge in [0.1, 0.15) is 0 Å². The number of benzene rings is 1. The van der Waals surface area contributed by atoms with E-state index in [4.69, 9.17) is 5.73 Å². The average Bonchev–Trinajstić information content (AvgIpc) is 2.76. The van der Waals surface area contributed by atoms with Crippen molar-refractivity contribution >= 4 is 10.9 Å². The lowest BCUT2D eigenvalue weighted by Crippen LogP contribution is -2.15. The largest absolute Gasteiger partial charge is 0.319 e.